The Balaban J connectivity index is 1.86. The standard InChI is InChI=1S/C28H36N2O3/c1-8-21-12-14-23(24(9-2)29-21)26-15-20-11-13-22(16-25(20)30(26)10-3)32-17-28(6,7)18-33-27(31)19(4)5/h11-16H,4,8-10,17-18H2,1-3,5-7H3. The fourth-order valence-electron chi connectivity index (χ4n) is 3.84. The number of benzene rings is 1. The molecule has 0 N–H and O–H groups in total. The van der Waals surface area contributed by atoms with Crippen LogP contribution in [0.15, 0.2) is 48.6 Å². The maximum absolute atomic E-state index is 11.7. The van der Waals surface area contributed by atoms with Gasteiger partial charge >= 0.3 is 5.97 Å². The molecule has 0 saturated carbocycles. The van der Waals surface area contributed by atoms with Gasteiger partial charge in [-0.05, 0) is 57.0 Å². The van der Waals surface area contributed by atoms with Crippen LogP contribution in [0.25, 0.3) is 22.2 Å². The van der Waals surface area contributed by atoms with Crippen LogP contribution >= 0.6 is 0 Å². The van der Waals surface area contributed by atoms with Crippen LogP contribution < -0.4 is 4.74 Å². The number of rotatable bonds is 10. The average Bonchev–Trinajstić information content (AvgIpc) is 3.18. The summed E-state index contributed by atoms with van der Waals surface area (Å²) >= 11 is 0. The van der Waals surface area contributed by atoms with E-state index in [2.05, 4.69) is 62.2 Å². The van der Waals surface area contributed by atoms with Crippen molar-refractivity contribution in [3.63, 3.8) is 0 Å². The zero-order chi connectivity index (χ0) is 24.2. The number of nitrogens with zero attached hydrogens (tertiary/aromatic N) is 2. The SMILES string of the molecule is C=C(C)C(=O)OCC(C)(C)COc1ccc2cc(-c3ccc(CC)nc3CC)n(CC)c2c1. The molecule has 0 bridgehead atoms. The summed E-state index contributed by atoms with van der Waals surface area (Å²) in [5.41, 5.74) is 5.86. The molecular formula is C28H36N2O3. The molecule has 0 spiro atoms. The number of carbonyl (C=O) groups is 1. The molecule has 33 heavy (non-hydrogen) atoms. The van der Waals surface area contributed by atoms with E-state index in [4.69, 9.17) is 14.5 Å². The van der Waals surface area contributed by atoms with Crippen LogP contribution in [0, 0.1) is 5.41 Å². The number of pyridine rings is 1. The second-order valence-corrected chi connectivity index (χ2v) is 9.31. The second kappa shape index (κ2) is 10.2. The zero-order valence-corrected chi connectivity index (χ0v) is 20.8. The van der Waals surface area contributed by atoms with Crippen LogP contribution in [0.2, 0.25) is 0 Å². The molecule has 0 aliphatic heterocycles. The molecule has 5 heteroatoms. The van der Waals surface area contributed by atoms with Gasteiger partial charge in [0.2, 0.25) is 0 Å². The Labute approximate surface area is 197 Å². The van der Waals surface area contributed by atoms with E-state index in [0.717, 1.165) is 42.0 Å². The molecule has 5 nitrogen and oxygen atoms in total. The van der Waals surface area contributed by atoms with E-state index in [1.54, 1.807) is 6.92 Å². The Kier molecular flexibility index (Phi) is 7.62. The van der Waals surface area contributed by atoms with E-state index in [9.17, 15) is 4.79 Å². The second-order valence-electron chi connectivity index (χ2n) is 9.31. The van der Waals surface area contributed by atoms with Gasteiger partial charge in [-0.15, -0.1) is 0 Å². The highest BCUT2D eigenvalue weighted by atomic mass is 16.5. The van der Waals surface area contributed by atoms with E-state index in [-0.39, 0.29) is 18.0 Å². The minimum Gasteiger partial charge on any atom is -0.493 e. The number of ether oxygens (including phenoxy) is 2. The van der Waals surface area contributed by atoms with Crippen LogP contribution in [-0.2, 0) is 28.9 Å². The summed E-state index contributed by atoms with van der Waals surface area (Å²) in [7, 11) is 0. The summed E-state index contributed by atoms with van der Waals surface area (Å²) in [5, 5.41) is 1.18. The van der Waals surface area contributed by atoms with Gasteiger partial charge < -0.3 is 14.0 Å². The summed E-state index contributed by atoms with van der Waals surface area (Å²) in [4.78, 5) is 16.6. The Bertz CT molecular complexity index is 1160. The van der Waals surface area contributed by atoms with Gasteiger partial charge in [0.25, 0.3) is 0 Å². The van der Waals surface area contributed by atoms with Gasteiger partial charge in [-0.25, -0.2) is 4.79 Å². The molecule has 0 radical (unpaired) electrons. The van der Waals surface area contributed by atoms with Gasteiger partial charge in [0.15, 0.2) is 0 Å². The smallest absolute Gasteiger partial charge is 0.333 e. The van der Waals surface area contributed by atoms with Crippen molar-refractivity contribution in [1.82, 2.24) is 9.55 Å². The molecule has 0 aliphatic carbocycles. The first kappa shape index (κ1) is 24.6. The minimum absolute atomic E-state index is 0.275. The first-order valence-corrected chi connectivity index (χ1v) is 11.8. The quantitative estimate of drug-likeness (QED) is 0.267. The zero-order valence-electron chi connectivity index (χ0n) is 20.8. The summed E-state index contributed by atoms with van der Waals surface area (Å²) < 4.78 is 13.8. The van der Waals surface area contributed by atoms with Gasteiger partial charge in [-0.3, -0.25) is 4.98 Å². The number of aromatic nitrogens is 2. The molecule has 0 atom stereocenters. The van der Waals surface area contributed by atoms with E-state index in [1.165, 1.54) is 16.6 Å². The lowest BCUT2D eigenvalue weighted by Crippen LogP contribution is -2.28. The third-order valence-corrected chi connectivity index (χ3v) is 5.77. The van der Waals surface area contributed by atoms with Crippen LogP contribution in [0.3, 0.4) is 0 Å². The molecular weight excluding hydrogens is 412 g/mol. The minimum atomic E-state index is -0.370. The number of hydrogen-bond acceptors (Lipinski definition) is 4. The Morgan fingerprint density at radius 1 is 1.06 bits per heavy atom. The van der Waals surface area contributed by atoms with Gasteiger partial charge in [0.05, 0.1) is 24.4 Å². The fraction of sp³-hybridized carbons (Fsp3) is 0.429. The van der Waals surface area contributed by atoms with Crippen molar-refractivity contribution in [2.75, 3.05) is 13.2 Å². The summed E-state index contributed by atoms with van der Waals surface area (Å²) in [6.45, 7) is 17.3. The largest absolute Gasteiger partial charge is 0.493 e. The van der Waals surface area contributed by atoms with Crippen LogP contribution in [0.5, 0.6) is 5.75 Å². The van der Waals surface area contributed by atoms with E-state index in [0.29, 0.717) is 12.2 Å². The molecule has 0 saturated heterocycles. The van der Waals surface area contributed by atoms with Crippen molar-refractivity contribution in [3.8, 4) is 17.0 Å². The molecule has 0 amide bonds. The lowest BCUT2D eigenvalue weighted by atomic mass is 9.96. The van der Waals surface area contributed by atoms with Crippen molar-refractivity contribution in [1.29, 1.82) is 0 Å². The Hall–Kier alpha value is -3.08. The molecule has 176 valence electrons. The van der Waals surface area contributed by atoms with Crippen molar-refractivity contribution in [3.05, 3.63) is 59.9 Å². The topological polar surface area (TPSA) is 53.4 Å². The number of fused-ring (bicyclic) bond motifs is 1. The third kappa shape index (κ3) is 5.65. The monoisotopic (exact) mass is 448 g/mol. The Morgan fingerprint density at radius 3 is 2.45 bits per heavy atom. The molecule has 0 aliphatic rings. The lowest BCUT2D eigenvalue weighted by Gasteiger charge is -2.24. The lowest BCUT2D eigenvalue weighted by molar-refractivity contribution is -0.142. The summed E-state index contributed by atoms with van der Waals surface area (Å²) in [6, 6.07) is 12.8. The number of carbonyl (C=O) groups excluding carboxylic acids is 1. The van der Waals surface area contributed by atoms with Crippen LogP contribution in [0.1, 0.15) is 52.9 Å². The van der Waals surface area contributed by atoms with Gasteiger partial charge in [0.1, 0.15) is 5.75 Å². The summed E-state index contributed by atoms with van der Waals surface area (Å²) in [6.07, 6.45) is 1.83. The average molecular weight is 449 g/mol. The van der Waals surface area contributed by atoms with Crippen LogP contribution in [0.4, 0.5) is 0 Å². The number of esters is 1. The molecule has 3 aromatic rings. The van der Waals surface area contributed by atoms with Gasteiger partial charge in [0, 0.05) is 45.9 Å². The number of hydrogen-bond donors (Lipinski definition) is 0. The molecule has 2 aromatic heterocycles. The van der Waals surface area contributed by atoms with Gasteiger partial charge in [-0.1, -0.05) is 34.3 Å². The summed E-state index contributed by atoms with van der Waals surface area (Å²) in [5.74, 6) is 0.432. The van der Waals surface area contributed by atoms with Gasteiger partial charge in [-0.2, -0.15) is 0 Å². The predicted molar refractivity (Wildman–Crippen MR) is 135 cm³/mol. The first-order chi connectivity index (χ1) is 15.7. The van der Waals surface area contributed by atoms with Crippen molar-refractivity contribution in [2.45, 2.75) is 60.9 Å². The van der Waals surface area contributed by atoms with Crippen molar-refractivity contribution >= 4 is 16.9 Å². The van der Waals surface area contributed by atoms with Crippen molar-refractivity contribution in [2.24, 2.45) is 5.41 Å². The maximum atomic E-state index is 11.7. The Morgan fingerprint density at radius 2 is 1.82 bits per heavy atom. The number of aryl methyl sites for hydroxylation is 3. The third-order valence-electron chi connectivity index (χ3n) is 5.77. The highest BCUT2D eigenvalue weighted by Crippen LogP contribution is 2.33. The fourth-order valence-corrected chi connectivity index (χ4v) is 3.84. The van der Waals surface area contributed by atoms with Crippen LogP contribution in [-0.4, -0.2) is 28.7 Å². The highest BCUT2D eigenvalue weighted by molar-refractivity contribution is 5.88. The highest BCUT2D eigenvalue weighted by Gasteiger charge is 2.22. The normalized spacial score (nSPS) is 11.6. The molecule has 2 heterocycles. The first-order valence-electron chi connectivity index (χ1n) is 11.8. The molecule has 0 fully saturated rings. The van der Waals surface area contributed by atoms with E-state index in [1.807, 2.05) is 19.9 Å². The van der Waals surface area contributed by atoms with E-state index >= 15 is 0 Å². The molecule has 1 aromatic carbocycles. The van der Waals surface area contributed by atoms with Crippen molar-refractivity contribution < 1.29 is 14.3 Å². The predicted octanol–water partition coefficient (Wildman–Crippen LogP) is 6.37. The maximum Gasteiger partial charge on any atom is 0.333 e. The van der Waals surface area contributed by atoms with E-state index < -0.39 is 0 Å². The molecule has 3 rings (SSSR count). The molecule has 0 unspecified atom stereocenters.